The van der Waals surface area contributed by atoms with E-state index in [9.17, 15) is 4.79 Å². The minimum Gasteiger partial charge on any atom is -0.384 e. The lowest BCUT2D eigenvalue weighted by Crippen LogP contribution is -2.35. The largest absolute Gasteiger partial charge is 0.384 e. The highest BCUT2D eigenvalue weighted by molar-refractivity contribution is 6.29. The van der Waals surface area contributed by atoms with Crippen LogP contribution in [0.3, 0.4) is 0 Å². The van der Waals surface area contributed by atoms with E-state index >= 15 is 0 Å². The summed E-state index contributed by atoms with van der Waals surface area (Å²) in [6.07, 6.45) is 4.73. The van der Waals surface area contributed by atoms with Crippen molar-refractivity contribution < 1.29 is 4.79 Å². The van der Waals surface area contributed by atoms with Gasteiger partial charge in [-0.15, -0.1) is 0 Å². The standard InChI is InChI=1S/C13H16ClN3O/c14-11-5-9(6-12(15)16-11)13(18)17(10-3-4-10)7-8-1-2-8/h5-6,8,10H,1-4,7H2,(H2,15,16). The average molecular weight is 266 g/mol. The van der Waals surface area contributed by atoms with Gasteiger partial charge in [-0.1, -0.05) is 11.6 Å². The first kappa shape index (κ1) is 11.8. The monoisotopic (exact) mass is 265 g/mol. The molecule has 0 atom stereocenters. The number of halogens is 1. The van der Waals surface area contributed by atoms with E-state index < -0.39 is 0 Å². The fourth-order valence-corrected chi connectivity index (χ4v) is 2.38. The van der Waals surface area contributed by atoms with Crippen LogP contribution < -0.4 is 5.73 Å². The van der Waals surface area contributed by atoms with Crippen LogP contribution in [0, 0.1) is 5.92 Å². The number of rotatable bonds is 4. The number of pyridine rings is 1. The molecule has 2 fully saturated rings. The van der Waals surface area contributed by atoms with Crippen LogP contribution >= 0.6 is 11.6 Å². The third-order valence-electron chi connectivity index (χ3n) is 3.46. The molecule has 2 aliphatic carbocycles. The van der Waals surface area contributed by atoms with Crippen molar-refractivity contribution in [1.82, 2.24) is 9.88 Å². The molecule has 0 aliphatic heterocycles. The number of nitrogens with two attached hydrogens (primary N) is 1. The predicted octanol–water partition coefficient (Wildman–Crippen LogP) is 2.33. The number of nitrogens with zero attached hydrogens (tertiary/aromatic N) is 2. The van der Waals surface area contributed by atoms with Gasteiger partial charge < -0.3 is 10.6 Å². The fourth-order valence-electron chi connectivity index (χ4n) is 2.17. The summed E-state index contributed by atoms with van der Waals surface area (Å²) in [5.41, 5.74) is 6.19. The lowest BCUT2D eigenvalue weighted by Gasteiger charge is -2.22. The Kier molecular flexibility index (Phi) is 2.90. The van der Waals surface area contributed by atoms with Gasteiger partial charge in [0.1, 0.15) is 11.0 Å². The third-order valence-corrected chi connectivity index (χ3v) is 3.65. The van der Waals surface area contributed by atoms with Crippen molar-refractivity contribution in [3.05, 3.63) is 22.8 Å². The summed E-state index contributed by atoms with van der Waals surface area (Å²) in [6, 6.07) is 3.63. The minimum absolute atomic E-state index is 0.0420. The van der Waals surface area contributed by atoms with Crippen LogP contribution in [-0.2, 0) is 0 Å². The van der Waals surface area contributed by atoms with Gasteiger partial charge in [-0.05, 0) is 43.7 Å². The number of amides is 1. The summed E-state index contributed by atoms with van der Waals surface area (Å²) in [5, 5.41) is 0.278. The molecular formula is C13H16ClN3O. The van der Waals surface area contributed by atoms with Gasteiger partial charge in [-0.2, -0.15) is 0 Å². The number of hydrogen-bond acceptors (Lipinski definition) is 3. The minimum atomic E-state index is 0.0420. The van der Waals surface area contributed by atoms with E-state index in [1.807, 2.05) is 4.90 Å². The van der Waals surface area contributed by atoms with Gasteiger partial charge in [0.2, 0.25) is 0 Å². The van der Waals surface area contributed by atoms with E-state index in [4.69, 9.17) is 17.3 Å². The highest BCUT2D eigenvalue weighted by atomic mass is 35.5. The third kappa shape index (κ3) is 2.58. The second-order valence-corrected chi connectivity index (χ2v) is 5.62. The van der Waals surface area contributed by atoms with Crippen molar-refractivity contribution in [1.29, 1.82) is 0 Å². The fraction of sp³-hybridized carbons (Fsp3) is 0.538. The zero-order chi connectivity index (χ0) is 12.7. The zero-order valence-corrected chi connectivity index (χ0v) is 10.9. The Balaban J connectivity index is 1.81. The predicted molar refractivity (Wildman–Crippen MR) is 70.4 cm³/mol. The second-order valence-electron chi connectivity index (χ2n) is 5.24. The van der Waals surface area contributed by atoms with Crippen LogP contribution in [0.4, 0.5) is 5.82 Å². The van der Waals surface area contributed by atoms with Gasteiger partial charge in [-0.25, -0.2) is 4.98 Å². The molecule has 4 nitrogen and oxygen atoms in total. The van der Waals surface area contributed by atoms with Crippen LogP contribution in [0.5, 0.6) is 0 Å². The number of carbonyl (C=O) groups excluding carboxylic acids is 1. The Morgan fingerprint density at radius 3 is 2.67 bits per heavy atom. The summed E-state index contributed by atoms with van der Waals surface area (Å²) in [5.74, 6) is 1.04. The molecule has 1 aromatic rings. The molecule has 0 saturated heterocycles. The lowest BCUT2D eigenvalue weighted by atomic mass is 10.2. The topological polar surface area (TPSA) is 59.2 Å². The molecule has 2 N–H and O–H groups in total. The molecule has 1 amide bonds. The lowest BCUT2D eigenvalue weighted by molar-refractivity contribution is 0.0734. The smallest absolute Gasteiger partial charge is 0.254 e. The van der Waals surface area contributed by atoms with E-state index in [1.165, 1.54) is 12.8 Å². The van der Waals surface area contributed by atoms with Gasteiger partial charge in [0.15, 0.2) is 0 Å². The van der Waals surface area contributed by atoms with Gasteiger partial charge in [0, 0.05) is 18.2 Å². The molecule has 0 aromatic carbocycles. The van der Waals surface area contributed by atoms with E-state index in [-0.39, 0.29) is 11.1 Å². The summed E-state index contributed by atoms with van der Waals surface area (Å²) < 4.78 is 0. The number of aromatic nitrogens is 1. The molecule has 96 valence electrons. The summed E-state index contributed by atoms with van der Waals surface area (Å²) in [6.45, 7) is 0.878. The quantitative estimate of drug-likeness (QED) is 0.850. The van der Waals surface area contributed by atoms with Gasteiger partial charge in [0.05, 0.1) is 0 Å². The summed E-state index contributed by atoms with van der Waals surface area (Å²) >= 11 is 5.85. The first-order valence-corrected chi connectivity index (χ1v) is 6.75. The van der Waals surface area contributed by atoms with Crippen LogP contribution in [-0.4, -0.2) is 28.4 Å². The number of hydrogen-bond donors (Lipinski definition) is 1. The van der Waals surface area contributed by atoms with Crippen molar-refractivity contribution in [2.75, 3.05) is 12.3 Å². The molecule has 1 aromatic heterocycles. The molecule has 1 heterocycles. The van der Waals surface area contributed by atoms with E-state index in [0.717, 1.165) is 19.4 Å². The Morgan fingerprint density at radius 2 is 2.11 bits per heavy atom. The molecule has 0 spiro atoms. The SMILES string of the molecule is Nc1cc(C(=O)N(CC2CC2)C2CC2)cc(Cl)n1. The molecule has 2 aliphatic rings. The number of carbonyl (C=O) groups is 1. The summed E-state index contributed by atoms with van der Waals surface area (Å²) in [7, 11) is 0. The van der Waals surface area contributed by atoms with Gasteiger partial charge in [0.25, 0.3) is 5.91 Å². The maximum Gasteiger partial charge on any atom is 0.254 e. The van der Waals surface area contributed by atoms with Crippen LogP contribution in [0.2, 0.25) is 5.15 Å². The maximum absolute atomic E-state index is 12.5. The van der Waals surface area contributed by atoms with Gasteiger partial charge >= 0.3 is 0 Å². The highest BCUT2D eigenvalue weighted by Crippen LogP contribution is 2.35. The molecule has 0 radical (unpaired) electrons. The molecule has 3 rings (SSSR count). The molecule has 18 heavy (non-hydrogen) atoms. The Labute approximate surface area is 111 Å². The van der Waals surface area contributed by atoms with Crippen molar-refractivity contribution in [2.45, 2.75) is 31.7 Å². The molecule has 2 saturated carbocycles. The second kappa shape index (κ2) is 4.43. The normalized spacial score (nSPS) is 18.7. The van der Waals surface area contributed by atoms with Crippen LogP contribution in [0.1, 0.15) is 36.0 Å². The number of nitrogen functional groups attached to an aromatic ring is 1. The molecule has 0 bridgehead atoms. The summed E-state index contributed by atoms with van der Waals surface area (Å²) in [4.78, 5) is 18.3. The number of anilines is 1. The highest BCUT2D eigenvalue weighted by Gasteiger charge is 2.36. The molecular weight excluding hydrogens is 250 g/mol. The Bertz CT molecular complexity index is 463. The molecule has 0 unspecified atom stereocenters. The van der Waals surface area contributed by atoms with Crippen LogP contribution in [0.25, 0.3) is 0 Å². The van der Waals surface area contributed by atoms with Crippen molar-refractivity contribution in [2.24, 2.45) is 5.92 Å². The van der Waals surface area contributed by atoms with Crippen LogP contribution in [0.15, 0.2) is 12.1 Å². The molecule has 5 heteroatoms. The van der Waals surface area contributed by atoms with E-state index in [0.29, 0.717) is 23.3 Å². The van der Waals surface area contributed by atoms with Crippen molar-refractivity contribution >= 4 is 23.3 Å². The zero-order valence-electron chi connectivity index (χ0n) is 10.1. The van der Waals surface area contributed by atoms with Crippen molar-refractivity contribution in [3.63, 3.8) is 0 Å². The first-order chi connectivity index (χ1) is 8.63. The first-order valence-electron chi connectivity index (χ1n) is 6.37. The van der Waals surface area contributed by atoms with Crippen molar-refractivity contribution in [3.8, 4) is 0 Å². The maximum atomic E-state index is 12.5. The van der Waals surface area contributed by atoms with Gasteiger partial charge in [-0.3, -0.25) is 4.79 Å². The van der Waals surface area contributed by atoms with E-state index in [1.54, 1.807) is 12.1 Å². The van der Waals surface area contributed by atoms with E-state index in [2.05, 4.69) is 4.98 Å². The Hall–Kier alpha value is -1.29. The average Bonchev–Trinajstić information content (AvgIpc) is 3.15. The Morgan fingerprint density at radius 1 is 1.39 bits per heavy atom.